The highest BCUT2D eigenvalue weighted by Gasteiger charge is 2.27. The summed E-state index contributed by atoms with van der Waals surface area (Å²) in [6.45, 7) is 5.23. The van der Waals surface area contributed by atoms with E-state index in [1.165, 1.54) is 6.08 Å². The molecule has 0 saturated heterocycles. The first kappa shape index (κ1) is 16.9. The fourth-order valence-corrected chi connectivity index (χ4v) is 2.97. The third-order valence-corrected chi connectivity index (χ3v) is 4.05. The molecule has 118 valence electrons. The highest BCUT2D eigenvalue weighted by molar-refractivity contribution is 6.32. The Balaban J connectivity index is 0.00000176. The van der Waals surface area contributed by atoms with Crippen molar-refractivity contribution in [3.05, 3.63) is 46.7 Å². The molecule has 0 amide bonds. The zero-order chi connectivity index (χ0) is 15.0. The van der Waals surface area contributed by atoms with Gasteiger partial charge in [-0.05, 0) is 31.2 Å². The maximum Gasteiger partial charge on any atom is 0.374 e. The Kier molecular flexibility index (Phi) is 5.16. The number of benzene rings is 1. The highest BCUT2D eigenvalue weighted by atomic mass is 35.5. The van der Waals surface area contributed by atoms with E-state index in [0.717, 1.165) is 29.5 Å². The van der Waals surface area contributed by atoms with Gasteiger partial charge in [0.05, 0.1) is 0 Å². The Morgan fingerprint density at radius 3 is 3.00 bits per heavy atom. The SMILES string of the molecule is C=CCOC(=O)c1oc2ccc(Cl)c3c2c1CN(C)CC3.Cl. The van der Waals surface area contributed by atoms with Crippen molar-refractivity contribution in [1.29, 1.82) is 0 Å². The Bertz CT molecular complexity index is 724. The second-order valence-corrected chi connectivity index (χ2v) is 5.59. The van der Waals surface area contributed by atoms with Crippen LogP contribution in [0, 0.1) is 0 Å². The molecule has 1 aromatic carbocycles. The van der Waals surface area contributed by atoms with Gasteiger partial charge in [-0.3, -0.25) is 0 Å². The van der Waals surface area contributed by atoms with Gasteiger partial charge in [-0.25, -0.2) is 4.79 Å². The lowest BCUT2D eigenvalue weighted by atomic mass is 10.0. The van der Waals surface area contributed by atoms with Crippen molar-refractivity contribution in [1.82, 2.24) is 4.90 Å². The van der Waals surface area contributed by atoms with Crippen molar-refractivity contribution < 1.29 is 13.9 Å². The van der Waals surface area contributed by atoms with Crippen LogP contribution in [0.4, 0.5) is 0 Å². The number of hydrogen-bond donors (Lipinski definition) is 0. The molecule has 0 unspecified atom stereocenters. The fourth-order valence-electron chi connectivity index (χ4n) is 2.71. The van der Waals surface area contributed by atoms with E-state index in [2.05, 4.69) is 11.5 Å². The van der Waals surface area contributed by atoms with Gasteiger partial charge in [-0.2, -0.15) is 0 Å². The van der Waals surface area contributed by atoms with E-state index in [9.17, 15) is 4.79 Å². The number of likely N-dealkylation sites (N-methyl/N-ethyl adjacent to an activating group) is 1. The van der Waals surface area contributed by atoms with Crippen LogP contribution in [0.25, 0.3) is 11.0 Å². The molecule has 0 bridgehead atoms. The van der Waals surface area contributed by atoms with Gasteiger partial charge in [0.25, 0.3) is 0 Å². The Morgan fingerprint density at radius 1 is 1.50 bits per heavy atom. The minimum atomic E-state index is -0.460. The van der Waals surface area contributed by atoms with Gasteiger partial charge in [0.15, 0.2) is 0 Å². The predicted molar refractivity (Wildman–Crippen MR) is 89.0 cm³/mol. The molecule has 0 aliphatic carbocycles. The van der Waals surface area contributed by atoms with E-state index in [4.69, 9.17) is 20.8 Å². The van der Waals surface area contributed by atoms with Crippen molar-refractivity contribution in [3.63, 3.8) is 0 Å². The molecular weight excluding hydrogens is 325 g/mol. The summed E-state index contributed by atoms with van der Waals surface area (Å²) in [5, 5.41) is 1.67. The van der Waals surface area contributed by atoms with E-state index < -0.39 is 5.97 Å². The fraction of sp³-hybridized carbons (Fsp3) is 0.312. The zero-order valence-corrected chi connectivity index (χ0v) is 13.8. The third-order valence-electron chi connectivity index (χ3n) is 3.69. The van der Waals surface area contributed by atoms with Gasteiger partial charge in [0, 0.05) is 29.1 Å². The number of furan rings is 1. The van der Waals surface area contributed by atoms with E-state index in [1.54, 1.807) is 6.07 Å². The Labute approximate surface area is 140 Å². The molecule has 6 heteroatoms. The van der Waals surface area contributed by atoms with E-state index >= 15 is 0 Å². The third kappa shape index (κ3) is 2.86. The minimum Gasteiger partial charge on any atom is -0.456 e. The molecule has 0 fully saturated rings. The number of carbonyl (C=O) groups excluding carboxylic acids is 1. The molecule has 1 aromatic heterocycles. The van der Waals surface area contributed by atoms with Gasteiger partial charge in [0.2, 0.25) is 5.76 Å². The van der Waals surface area contributed by atoms with Crippen LogP contribution in [0.3, 0.4) is 0 Å². The monoisotopic (exact) mass is 341 g/mol. The van der Waals surface area contributed by atoms with Crippen LogP contribution in [0.2, 0.25) is 5.02 Å². The highest BCUT2D eigenvalue weighted by Crippen LogP contribution is 2.36. The molecular formula is C16H17Cl2NO3. The first-order valence-electron chi connectivity index (χ1n) is 6.81. The molecule has 0 spiro atoms. The van der Waals surface area contributed by atoms with Crippen LogP contribution in [0.15, 0.2) is 29.2 Å². The summed E-state index contributed by atoms with van der Waals surface area (Å²) in [6, 6.07) is 3.62. The lowest BCUT2D eigenvalue weighted by molar-refractivity contribution is 0.0513. The summed E-state index contributed by atoms with van der Waals surface area (Å²) in [5.74, 6) is -0.192. The number of nitrogens with zero attached hydrogens (tertiary/aromatic N) is 1. The van der Waals surface area contributed by atoms with Crippen molar-refractivity contribution in [2.24, 2.45) is 0 Å². The second-order valence-electron chi connectivity index (χ2n) is 5.18. The molecule has 4 nitrogen and oxygen atoms in total. The summed E-state index contributed by atoms with van der Waals surface area (Å²) < 4.78 is 10.9. The first-order chi connectivity index (χ1) is 10.1. The quantitative estimate of drug-likeness (QED) is 0.628. The summed E-state index contributed by atoms with van der Waals surface area (Å²) >= 11 is 6.31. The van der Waals surface area contributed by atoms with Gasteiger partial charge in [-0.15, -0.1) is 12.4 Å². The van der Waals surface area contributed by atoms with Crippen LogP contribution in [0.1, 0.15) is 21.7 Å². The number of rotatable bonds is 3. The van der Waals surface area contributed by atoms with Crippen molar-refractivity contribution >= 4 is 40.9 Å². The van der Waals surface area contributed by atoms with Crippen LogP contribution in [-0.4, -0.2) is 31.1 Å². The zero-order valence-electron chi connectivity index (χ0n) is 12.2. The maximum atomic E-state index is 12.2. The van der Waals surface area contributed by atoms with Gasteiger partial charge >= 0.3 is 5.97 Å². The van der Waals surface area contributed by atoms with Crippen LogP contribution >= 0.6 is 24.0 Å². The lowest BCUT2D eigenvalue weighted by Gasteiger charge is -2.13. The number of halogens is 2. The molecule has 0 atom stereocenters. The first-order valence-corrected chi connectivity index (χ1v) is 7.19. The topological polar surface area (TPSA) is 42.7 Å². The molecule has 2 aromatic rings. The molecule has 1 aliphatic heterocycles. The number of carbonyl (C=O) groups is 1. The van der Waals surface area contributed by atoms with Gasteiger partial charge < -0.3 is 14.1 Å². The van der Waals surface area contributed by atoms with Crippen molar-refractivity contribution in [2.45, 2.75) is 13.0 Å². The number of ether oxygens (including phenoxy) is 1. The van der Waals surface area contributed by atoms with Crippen LogP contribution in [0.5, 0.6) is 0 Å². The molecule has 2 heterocycles. The van der Waals surface area contributed by atoms with Gasteiger partial charge in [-0.1, -0.05) is 24.3 Å². The lowest BCUT2D eigenvalue weighted by Crippen LogP contribution is -2.20. The average Bonchev–Trinajstić information content (AvgIpc) is 2.72. The number of esters is 1. The molecule has 22 heavy (non-hydrogen) atoms. The van der Waals surface area contributed by atoms with Crippen LogP contribution < -0.4 is 0 Å². The molecule has 0 N–H and O–H groups in total. The summed E-state index contributed by atoms with van der Waals surface area (Å²) in [6.07, 6.45) is 2.37. The molecule has 1 aliphatic rings. The summed E-state index contributed by atoms with van der Waals surface area (Å²) in [4.78, 5) is 14.3. The maximum absolute atomic E-state index is 12.2. The molecule has 0 radical (unpaired) electrons. The normalized spacial score (nSPS) is 14.3. The van der Waals surface area contributed by atoms with Crippen LogP contribution in [-0.2, 0) is 17.7 Å². The van der Waals surface area contributed by atoms with E-state index in [-0.39, 0.29) is 24.8 Å². The Morgan fingerprint density at radius 2 is 2.27 bits per heavy atom. The molecule has 0 saturated carbocycles. The predicted octanol–water partition coefficient (Wildman–Crippen LogP) is 3.84. The van der Waals surface area contributed by atoms with Crippen molar-refractivity contribution in [2.75, 3.05) is 20.2 Å². The minimum absolute atomic E-state index is 0. The smallest absolute Gasteiger partial charge is 0.374 e. The largest absolute Gasteiger partial charge is 0.456 e. The standard InChI is InChI=1S/C16H16ClNO3.ClH/c1-3-8-20-16(19)15-11-9-18(2)7-6-10-12(17)4-5-13(21-15)14(10)11;/h3-5H,1,6-9H2,2H3;1H. The molecule has 3 rings (SSSR count). The number of hydrogen-bond acceptors (Lipinski definition) is 4. The summed E-state index contributed by atoms with van der Waals surface area (Å²) in [7, 11) is 2.01. The Hall–Kier alpha value is -1.49. The van der Waals surface area contributed by atoms with E-state index in [0.29, 0.717) is 17.2 Å². The summed E-state index contributed by atoms with van der Waals surface area (Å²) in [5.41, 5.74) is 2.59. The second kappa shape index (κ2) is 6.73. The van der Waals surface area contributed by atoms with Crippen molar-refractivity contribution in [3.8, 4) is 0 Å². The van der Waals surface area contributed by atoms with E-state index in [1.807, 2.05) is 13.1 Å². The average molecular weight is 342 g/mol. The van der Waals surface area contributed by atoms with Gasteiger partial charge in [0.1, 0.15) is 12.2 Å².